The van der Waals surface area contributed by atoms with Crippen molar-refractivity contribution in [2.75, 3.05) is 26.4 Å². The Morgan fingerprint density at radius 3 is 1.36 bits per heavy atom. The highest BCUT2D eigenvalue weighted by molar-refractivity contribution is 5.92. The van der Waals surface area contributed by atoms with Crippen molar-refractivity contribution in [3.8, 4) is 22.6 Å². The van der Waals surface area contributed by atoms with Crippen molar-refractivity contribution in [3.63, 3.8) is 0 Å². The molecule has 4 heteroatoms. The Labute approximate surface area is 276 Å². The van der Waals surface area contributed by atoms with Crippen molar-refractivity contribution in [3.05, 3.63) is 169 Å². The molecule has 0 aliphatic heterocycles. The van der Waals surface area contributed by atoms with Crippen LogP contribution < -0.4 is 9.47 Å². The number of benzene rings is 6. The SMILES string of the molecule is C=COCCCOc1ccc2cc(C3(c4ccc5cc(OCCCOC=C)ccc5c4)c4ccccc4-c4ccccc43)ccc2c1. The van der Waals surface area contributed by atoms with Crippen LogP contribution in [-0.4, -0.2) is 26.4 Å². The van der Waals surface area contributed by atoms with Gasteiger partial charge in [0.15, 0.2) is 0 Å². The number of hydrogen-bond acceptors (Lipinski definition) is 4. The van der Waals surface area contributed by atoms with E-state index in [0.717, 1.165) is 35.1 Å². The minimum absolute atomic E-state index is 0.490. The summed E-state index contributed by atoms with van der Waals surface area (Å²) in [5, 5.41) is 4.63. The predicted octanol–water partition coefficient (Wildman–Crippen LogP) is 10.2. The van der Waals surface area contributed by atoms with Gasteiger partial charge in [-0.05, 0) is 91.3 Å². The summed E-state index contributed by atoms with van der Waals surface area (Å²) in [6.45, 7) is 9.57. The Morgan fingerprint density at radius 1 is 0.468 bits per heavy atom. The van der Waals surface area contributed by atoms with E-state index in [-0.39, 0.29) is 0 Å². The molecule has 6 aromatic carbocycles. The van der Waals surface area contributed by atoms with Crippen LogP contribution in [0.4, 0.5) is 0 Å². The summed E-state index contributed by atoms with van der Waals surface area (Å²) in [6, 6.07) is 44.2. The Kier molecular flexibility index (Phi) is 8.66. The second kappa shape index (κ2) is 13.5. The molecule has 6 aromatic rings. The summed E-state index contributed by atoms with van der Waals surface area (Å²) in [5.74, 6) is 1.72. The predicted molar refractivity (Wildman–Crippen MR) is 191 cm³/mol. The molecule has 0 saturated heterocycles. The summed E-state index contributed by atoms with van der Waals surface area (Å²) >= 11 is 0. The van der Waals surface area contributed by atoms with Crippen LogP contribution >= 0.6 is 0 Å². The summed E-state index contributed by atoms with van der Waals surface area (Å²) in [4.78, 5) is 0. The zero-order chi connectivity index (χ0) is 32.1. The molecule has 0 unspecified atom stereocenters. The molecule has 0 radical (unpaired) electrons. The average molecular weight is 619 g/mol. The molecule has 0 heterocycles. The molecule has 1 aliphatic rings. The van der Waals surface area contributed by atoms with E-state index in [4.69, 9.17) is 18.9 Å². The van der Waals surface area contributed by atoms with Crippen LogP contribution in [0, 0.1) is 0 Å². The van der Waals surface area contributed by atoms with E-state index in [1.165, 1.54) is 56.7 Å². The van der Waals surface area contributed by atoms with E-state index >= 15 is 0 Å². The zero-order valence-electron chi connectivity index (χ0n) is 26.5. The quantitative estimate of drug-likeness (QED) is 0.0898. The van der Waals surface area contributed by atoms with E-state index in [2.05, 4.69) is 134 Å². The lowest BCUT2D eigenvalue weighted by Gasteiger charge is -2.34. The van der Waals surface area contributed by atoms with Crippen molar-refractivity contribution >= 4 is 21.5 Å². The molecule has 0 atom stereocenters. The van der Waals surface area contributed by atoms with Gasteiger partial charge in [0.25, 0.3) is 0 Å². The normalized spacial score (nSPS) is 12.7. The molecular formula is C43H38O4. The van der Waals surface area contributed by atoms with Gasteiger partial charge in [-0.15, -0.1) is 0 Å². The van der Waals surface area contributed by atoms with Crippen LogP contribution in [0.5, 0.6) is 11.5 Å². The van der Waals surface area contributed by atoms with E-state index in [9.17, 15) is 0 Å². The zero-order valence-corrected chi connectivity index (χ0v) is 26.5. The molecule has 0 saturated carbocycles. The number of fused-ring (bicyclic) bond motifs is 5. The Bertz CT molecular complexity index is 1910. The highest BCUT2D eigenvalue weighted by Gasteiger charge is 2.46. The van der Waals surface area contributed by atoms with Crippen molar-refractivity contribution in [1.29, 1.82) is 0 Å². The van der Waals surface area contributed by atoms with Crippen molar-refractivity contribution in [2.45, 2.75) is 18.3 Å². The number of ether oxygens (including phenoxy) is 4. The first kappa shape index (κ1) is 30.2. The van der Waals surface area contributed by atoms with Gasteiger partial charge in [-0.25, -0.2) is 0 Å². The van der Waals surface area contributed by atoms with Gasteiger partial charge in [-0.1, -0.05) is 98.1 Å². The first-order chi connectivity index (χ1) is 23.2. The molecule has 0 N–H and O–H groups in total. The number of hydrogen-bond donors (Lipinski definition) is 0. The van der Waals surface area contributed by atoms with Crippen LogP contribution in [-0.2, 0) is 14.9 Å². The standard InChI is InChI=1S/C43H38O4/c1-3-44-23-9-25-46-37-21-17-31-27-35(19-15-33(31)29-37)43(41-13-7-5-11-39(41)40-12-6-8-14-42(40)43)36-20-16-34-30-38(22-18-32(34)28-36)47-26-10-24-45-4-2/h3-8,11-22,27-30H,1-2,9-10,23-26H2. The van der Waals surface area contributed by atoms with Gasteiger partial charge in [-0.3, -0.25) is 0 Å². The van der Waals surface area contributed by atoms with Crippen molar-refractivity contribution < 1.29 is 18.9 Å². The lowest BCUT2D eigenvalue weighted by atomic mass is 9.67. The smallest absolute Gasteiger partial charge is 0.119 e. The fourth-order valence-electron chi connectivity index (χ4n) is 6.95. The van der Waals surface area contributed by atoms with Crippen molar-refractivity contribution in [2.24, 2.45) is 0 Å². The Balaban J connectivity index is 1.30. The third-order valence-corrected chi connectivity index (χ3v) is 9.03. The first-order valence-electron chi connectivity index (χ1n) is 16.2. The monoisotopic (exact) mass is 618 g/mol. The van der Waals surface area contributed by atoms with Gasteiger partial charge >= 0.3 is 0 Å². The molecule has 47 heavy (non-hydrogen) atoms. The van der Waals surface area contributed by atoms with Crippen LogP contribution in [0.3, 0.4) is 0 Å². The minimum atomic E-state index is -0.490. The molecule has 0 fully saturated rings. The van der Waals surface area contributed by atoms with Gasteiger partial charge < -0.3 is 18.9 Å². The maximum atomic E-state index is 6.03. The molecule has 4 nitrogen and oxygen atoms in total. The molecular weight excluding hydrogens is 580 g/mol. The summed E-state index contributed by atoms with van der Waals surface area (Å²) in [5.41, 5.74) is 7.12. The minimum Gasteiger partial charge on any atom is -0.502 e. The lowest BCUT2D eigenvalue weighted by molar-refractivity contribution is 0.209. The fraction of sp³-hybridized carbons (Fsp3) is 0.163. The second-order valence-electron chi connectivity index (χ2n) is 11.8. The van der Waals surface area contributed by atoms with Crippen LogP contribution in [0.2, 0.25) is 0 Å². The largest absolute Gasteiger partial charge is 0.502 e. The van der Waals surface area contributed by atoms with E-state index in [0.29, 0.717) is 26.4 Å². The lowest BCUT2D eigenvalue weighted by Crippen LogP contribution is -2.28. The maximum absolute atomic E-state index is 6.03. The second-order valence-corrected chi connectivity index (χ2v) is 11.8. The molecule has 7 rings (SSSR count). The average Bonchev–Trinajstić information content (AvgIpc) is 3.42. The topological polar surface area (TPSA) is 36.9 Å². The van der Waals surface area contributed by atoms with Gasteiger partial charge in [0.2, 0.25) is 0 Å². The van der Waals surface area contributed by atoms with Crippen molar-refractivity contribution in [1.82, 2.24) is 0 Å². The van der Waals surface area contributed by atoms with Gasteiger partial charge in [0.1, 0.15) is 11.5 Å². The maximum Gasteiger partial charge on any atom is 0.119 e. The molecule has 0 aromatic heterocycles. The van der Waals surface area contributed by atoms with E-state index in [1.807, 2.05) is 0 Å². The van der Waals surface area contributed by atoms with E-state index in [1.54, 1.807) is 0 Å². The van der Waals surface area contributed by atoms with Crippen LogP contribution in [0.1, 0.15) is 35.1 Å². The first-order valence-corrected chi connectivity index (χ1v) is 16.2. The molecule has 234 valence electrons. The third-order valence-electron chi connectivity index (χ3n) is 9.03. The molecule has 0 amide bonds. The Hall–Kier alpha value is -5.48. The summed E-state index contributed by atoms with van der Waals surface area (Å²) in [7, 11) is 0. The fourth-order valence-corrected chi connectivity index (χ4v) is 6.95. The molecule has 0 bridgehead atoms. The van der Waals surface area contributed by atoms with Gasteiger partial charge in [-0.2, -0.15) is 0 Å². The van der Waals surface area contributed by atoms with Gasteiger partial charge in [0, 0.05) is 12.8 Å². The summed E-state index contributed by atoms with van der Waals surface area (Å²) < 4.78 is 22.5. The van der Waals surface area contributed by atoms with Crippen LogP contribution in [0.15, 0.2) is 147 Å². The van der Waals surface area contributed by atoms with E-state index < -0.39 is 5.41 Å². The number of rotatable bonds is 14. The van der Waals surface area contributed by atoms with Gasteiger partial charge in [0.05, 0.1) is 44.4 Å². The summed E-state index contributed by atoms with van der Waals surface area (Å²) in [6.07, 6.45) is 4.54. The third kappa shape index (κ3) is 5.72. The molecule has 0 spiro atoms. The molecule has 1 aliphatic carbocycles. The Morgan fingerprint density at radius 2 is 0.894 bits per heavy atom. The highest BCUT2D eigenvalue weighted by Crippen LogP contribution is 2.56. The van der Waals surface area contributed by atoms with Crippen LogP contribution in [0.25, 0.3) is 32.7 Å². The highest BCUT2D eigenvalue weighted by atomic mass is 16.5.